The SMILES string of the molecule is CCN(CC)c1ccc(/C=C2/C=C(c3ccc(C)cc3C)OC2=O)cc1. The number of rotatable bonds is 5. The number of carbonyl (C=O) groups is 1. The number of cyclic esters (lactones) is 1. The summed E-state index contributed by atoms with van der Waals surface area (Å²) in [6, 6.07) is 14.4. The summed E-state index contributed by atoms with van der Waals surface area (Å²) in [6.45, 7) is 10.3. The molecule has 0 saturated carbocycles. The molecule has 2 aromatic rings. The maximum Gasteiger partial charge on any atom is 0.343 e. The molecule has 1 aliphatic rings. The molecule has 3 nitrogen and oxygen atoms in total. The molecule has 2 aromatic carbocycles. The molecule has 0 bridgehead atoms. The third-order valence-corrected chi connectivity index (χ3v) is 4.72. The van der Waals surface area contributed by atoms with Gasteiger partial charge in [-0.05, 0) is 63.1 Å². The lowest BCUT2D eigenvalue weighted by molar-refractivity contribution is -0.130. The van der Waals surface area contributed by atoms with Crippen LogP contribution in [0.15, 0.2) is 54.1 Å². The van der Waals surface area contributed by atoms with Crippen molar-refractivity contribution >= 4 is 23.5 Å². The molecule has 134 valence electrons. The number of aryl methyl sites for hydroxylation is 2. The number of nitrogens with zero attached hydrogens (tertiary/aromatic N) is 1. The van der Waals surface area contributed by atoms with Gasteiger partial charge in [-0.1, -0.05) is 35.9 Å². The van der Waals surface area contributed by atoms with Gasteiger partial charge in [-0.25, -0.2) is 4.79 Å². The Labute approximate surface area is 155 Å². The fraction of sp³-hybridized carbons (Fsp3) is 0.261. The van der Waals surface area contributed by atoms with Gasteiger partial charge in [-0.3, -0.25) is 0 Å². The van der Waals surface area contributed by atoms with Crippen molar-refractivity contribution in [3.05, 3.63) is 76.4 Å². The highest BCUT2D eigenvalue weighted by molar-refractivity contribution is 6.05. The summed E-state index contributed by atoms with van der Waals surface area (Å²) >= 11 is 0. The van der Waals surface area contributed by atoms with Crippen molar-refractivity contribution in [3.63, 3.8) is 0 Å². The first kappa shape index (κ1) is 18.0. The minimum absolute atomic E-state index is 0.298. The van der Waals surface area contributed by atoms with E-state index in [1.165, 1.54) is 11.3 Å². The number of ether oxygens (including phenoxy) is 1. The average Bonchev–Trinajstić information content (AvgIpc) is 2.97. The number of hydrogen-bond donors (Lipinski definition) is 0. The molecule has 0 aromatic heterocycles. The normalized spacial score (nSPS) is 15.2. The Morgan fingerprint density at radius 3 is 2.31 bits per heavy atom. The number of anilines is 1. The quantitative estimate of drug-likeness (QED) is 0.555. The molecule has 0 N–H and O–H groups in total. The van der Waals surface area contributed by atoms with E-state index in [1.54, 1.807) is 0 Å². The van der Waals surface area contributed by atoms with Crippen molar-refractivity contribution in [2.24, 2.45) is 0 Å². The smallest absolute Gasteiger partial charge is 0.343 e. The first-order valence-electron chi connectivity index (χ1n) is 9.10. The van der Waals surface area contributed by atoms with Gasteiger partial charge in [0.15, 0.2) is 0 Å². The first-order valence-corrected chi connectivity index (χ1v) is 9.10. The van der Waals surface area contributed by atoms with E-state index in [9.17, 15) is 4.79 Å². The van der Waals surface area contributed by atoms with Crippen LogP contribution < -0.4 is 4.90 Å². The predicted octanol–water partition coefficient (Wildman–Crippen LogP) is 5.13. The van der Waals surface area contributed by atoms with Crippen LogP contribution in [-0.4, -0.2) is 19.1 Å². The Bertz CT molecular complexity index is 872. The van der Waals surface area contributed by atoms with E-state index in [4.69, 9.17) is 4.74 Å². The van der Waals surface area contributed by atoms with Crippen LogP contribution in [0.1, 0.15) is 36.1 Å². The molecule has 1 heterocycles. The number of hydrogen-bond acceptors (Lipinski definition) is 3. The molecule has 3 rings (SSSR count). The monoisotopic (exact) mass is 347 g/mol. The van der Waals surface area contributed by atoms with Gasteiger partial charge in [-0.2, -0.15) is 0 Å². The largest absolute Gasteiger partial charge is 0.422 e. The van der Waals surface area contributed by atoms with E-state index in [2.05, 4.69) is 43.9 Å². The summed E-state index contributed by atoms with van der Waals surface area (Å²) in [7, 11) is 0. The second-order valence-electron chi connectivity index (χ2n) is 6.58. The second kappa shape index (κ2) is 7.61. The summed E-state index contributed by atoms with van der Waals surface area (Å²) in [5.74, 6) is 0.325. The minimum Gasteiger partial charge on any atom is -0.422 e. The highest BCUT2D eigenvalue weighted by Gasteiger charge is 2.22. The van der Waals surface area contributed by atoms with Gasteiger partial charge in [0.1, 0.15) is 5.76 Å². The summed E-state index contributed by atoms with van der Waals surface area (Å²) < 4.78 is 5.50. The lowest BCUT2D eigenvalue weighted by atomic mass is 10.0. The molecular weight excluding hydrogens is 322 g/mol. The zero-order chi connectivity index (χ0) is 18.7. The zero-order valence-corrected chi connectivity index (χ0v) is 15.9. The Hall–Kier alpha value is -2.81. The maximum atomic E-state index is 12.3. The van der Waals surface area contributed by atoms with Crippen molar-refractivity contribution in [3.8, 4) is 0 Å². The zero-order valence-electron chi connectivity index (χ0n) is 15.9. The van der Waals surface area contributed by atoms with E-state index in [0.717, 1.165) is 29.8 Å². The molecule has 0 spiro atoms. The van der Waals surface area contributed by atoms with Crippen LogP contribution in [0.3, 0.4) is 0 Å². The van der Waals surface area contributed by atoms with Crippen LogP contribution in [0.4, 0.5) is 5.69 Å². The summed E-state index contributed by atoms with van der Waals surface area (Å²) in [4.78, 5) is 14.5. The van der Waals surface area contributed by atoms with Crippen molar-refractivity contribution in [2.75, 3.05) is 18.0 Å². The van der Waals surface area contributed by atoms with Gasteiger partial charge >= 0.3 is 5.97 Å². The third kappa shape index (κ3) is 3.72. The van der Waals surface area contributed by atoms with Crippen molar-refractivity contribution < 1.29 is 9.53 Å². The van der Waals surface area contributed by atoms with E-state index >= 15 is 0 Å². The first-order chi connectivity index (χ1) is 12.5. The molecule has 0 atom stereocenters. The van der Waals surface area contributed by atoms with Crippen molar-refractivity contribution in [1.82, 2.24) is 0 Å². The summed E-state index contributed by atoms with van der Waals surface area (Å²) in [5.41, 5.74) is 6.03. The van der Waals surface area contributed by atoms with Crippen LogP contribution >= 0.6 is 0 Å². The van der Waals surface area contributed by atoms with E-state index in [0.29, 0.717) is 11.3 Å². The average molecular weight is 347 g/mol. The maximum absolute atomic E-state index is 12.3. The summed E-state index contributed by atoms with van der Waals surface area (Å²) in [6.07, 6.45) is 3.71. The predicted molar refractivity (Wildman–Crippen MR) is 108 cm³/mol. The van der Waals surface area contributed by atoms with E-state index in [-0.39, 0.29) is 5.97 Å². The number of benzene rings is 2. The third-order valence-electron chi connectivity index (χ3n) is 4.72. The van der Waals surface area contributed by atoms with Crippen LogP contribution in [-0.2, 0) is 9.53 Å². The lowest BCUT2D eigenvalue weighted by Gasteiger charge is -2.20. The molecule has 1 aliphatic heterocycles. The molecular formula is C23H25NO2. The van der Waals surface area contributed by atoms with Gasteiger partial charge in [0.05, 0.1) is 5.57 Å². The fourth-order valence-corrected chi connectivity index (χ4v) is 3.26. The van der Waals surface area contributed by atoms with Gasteiger partial charge in [0.2, 0.25) is 0 Å². The van der Waals surface area contributed by atoms with Gasteiger partial charge in [-0.15, -0.1) is 0 Å². The number of esters is 1. The van der Waals surface area contributed by atoms with Gasteiger partial charge < -0.3 is 9.64 Å². The lowest BCUT2D eigenvalue weighted by Crippen LogP contribution is -2.21. The van der Waals surface area contributed by atoms with Crippen LogP contribution in [0, 0.1) is 13.8 Å². The molecule has 0 radical (unpaired) electrons. The van der Waals surface area contributed by atoms with Gasteiger partial charge in [0.25, 0.3) is 0 Å². The second-order valence-corrected chi connectivity index (χ2v) is 6.58. The van der Waals surface area contributed by atoms with Gasteiger partial charge in [0, 0.05) is 24.3 Å². The van der Waals surface area contributed by atoms with Crippen molar-refractivity contribution in [1.29, 1.82) is 0 Å². The molecule has 0 unspecified atom stereocenters. The van der Waals surface area contributed by atoms with E-state index < -0.39 is 0 Å². The van der Waals surface area contributed by atoms with Crippen LogP contribution in [0.5, 0.6) is 0 Å². The molecule has 0 fully saturated rings. The Balaban J connectivity index is 1.86. The Morgan fingerprint density at radius 1 is 1.00 bits per heavy atom. The van der Waals surface area contributed by atoms with E-state index in [1.807, 2.05) is 43.3 Å². The van der Waals surface area contributed by atoms with Crippen LogP contribution in [0.2, 0.25) is 0 Å². The highest BCUT2D eigenvalue weighted by atomic mass is 16.5. The Kier molecular flexibility index (Phi) is 5.27. The highest BCUT2D eigenvalue weighted by Crippen LogP contribution is 2.30. The topological polar surface area (TPSA) is 29.5 Å². The minimum atomic E-state index is -0.298. The van der Waals surface area contributed by atoms with Crippen molar-refractivity contribution in [2.45, 2.75) is 27.7 Å². The summed E-state index contributed by atoms with van der Waals surface area (Å²) in [5, 5.41) is 0. The molecule has 0 saturated heterocycles. The standard InChI is InChI=1S/C23H25NO2/c1-5-24(6-2)20-10-8-18(9-11-20)14-19-15-22(26-23(19)25)21-12-7-16(3)13-17(21)4/h7-15H,5-6H2,1-4H3/b19-14-. The number of carbonyl (C=O) groups excluding carboxylic acids is 1. The van der Waals surface area contributed by atoms with Crippen LogP contribution in [0.25, 0.3) is 11.8 Å². The molecule has 3 heteroatoms. The Morgan fingerprint density at radius 2 is 1.69 bits per heavy atom. The molecule has 0 amide bonds. The fourth-order valence-electron chi connectivity index (χ4n) is 3.26. The molecule has 26 heavy (non-hydrogen) atoms. The molecule has 0 aliphatic carbocycles.